The monoisotopic (exact) mass is 322 g/mol. The number of carbonyl (C=O) groups is 1. The van der Waals surface area contributed by atoms with E-state index in [0.717, 1.165) is 28.9 Å². The highest BCUT2D eigenvalue weighted by Gasteiger charge is 2.18. The van der Waals surface area contributed by atoms with Gasteiger partial charge in [-0.1, -0.05) is 13.8 Å². The first-order valence-electron chi connectivity index (χ1n) is 8.05. The summed E-state index contributed by atoms with van der Waals surface area (Å²) in [6.45, 7) is 3.98. The number of amides is 1. The second-order valence-electron chi connectivity index (χ2n) is 5.59. The van der Waals surface area contributed by atoms with Crippen molar-refractivity contribution < 1.29 is 9.53 Å². The number of aromatic nitrogens is 2. The maximum Gasteiger partial charge on any atom is 0.257 e. The molecule has 2 heterocycles. The number of rotatable bonds is 4. The minimum absolute atomic E-state index is 0.0246. The molecule has 6 heteroatoms. The van der Waals surface area contributed by atoms with E-state index in [0.29, 0.717) is 30.6 Å². The molecule has 1 aliphatic heterocycles. The number of fused-ring (bicyclic) bond motifs is 1. The van der Waals surface area contributed by atoms with Gasteiger partial charge in [-0.15, -0.1) is 5.10 Å². The highest BCUT2D eigenvalue weighted by Crippen LogP contribution is 2.31. The molecule has 1 aromatic heterocycles. The van der Waals surface area contributed by atoms with Crippen molar-refractivity contribution >= 4 is 11.6 Å². The Morgan fingerprint density at radius 1 is 1.25 bits per heavy atom. The van der Waals surface area contributed by atoms with Crippen molar-refractivity contribution in [3.8, 4) is 17.7 Å². The molecule has 3 rings (SSSR count). The molecular weight excluding hydrogens is 304 g/mol. The van der Waals surface area contributed by atoms with Crippen LogP contribution in [0.25, 0.3) is 0 Å². The van der Waals surface area contributed by atoms with Crippen LogP contribution in [-0.4, -0.2) is 16.1 Å². The number of anilines is 1. The number of nitriles is 1. The summed E-state index contributed by atoms with van der Waals surface area (Å²) in [7, 11) is 0. The molecule has 24 heavy (non-hydrogen) atoms. The molecule has 1 aromatic carbocycles. The Hall–Kier alpha value is -2.94. The minimum atomic E-state index is 0.0246. The topological polar surface area (TPSA) is 87.9 Å². The lowest BCUT2D eigenvalue weighted by Crippen LogP contribution is -2.18. The molecule has 2 aromatic rings. The SMILES string of the molecule is CCc1nnc(Oc2ccc3c(c2)CCC(=O)N3)c(C#N)c1CC. The van der Waals surface area contributed by atoms with Crippen LogP contribution in [0.3, 0.4) is 0 Å². The normalized spacial score (nSPS) is 13.0. The highest BCUT2D eigenvalue weighted by molar-refractivity contribution is 5.94. The van der Waals surface area contributed by atoms with Crippen LogP contribution in [0.15, 0.2) is 18.2 Å². The minimum Gasteiger partial charge on any atom is -0.437 e. The van der Waals surface area contributed by atoms with Crippen molar-refractivity contribution in [2.45, 2.75) is 39.5 Å². The Kier molecular flexibility index (Phi) is 4.43. The predicted molar refractivity (Wildman–Crippen MR) is 89.0 cm³/mol. The number of carbonyl (C=O) groups excluding carboxylic acids is 1. The molecule has 0 unspecified atom stereocenters. The number of nitrogens with zero attached hydrogens (tertiary/aromatic N) is 3. The van der Waals surface area contributed by atoms with Crippen LogP contribution in [0.1, 0.15) is 42.7 Å². The van der Waals surface area contributed by atoms with Gasteiger partial charge in [-0.05, 0) is 48.6 Å². The molecule has 122 valence electrons. The first-order valence-corrected chi connectivity index (χ1v) is 8.05. The van der Waals surface area contributed by atoms with Crippen LogP contribution < -0.4 is 10.1 Å². The maximum absolute atomic E-state index is 11.4. The van der Waals surface area contributed by atoms with E-state index in [1.165, 1.54) is 0 Å². The van der Waals surface area contributed by atoms with E-state index < -0.39 is 0 Å². The summed E-state index contributed by atoms with van der Waals surface area (Å²) >= 11 is 0. The van der Waals surface area contributed by atoms with Gasteiger partial charge in [-0.25, -0.2) is 0 Å². The van der Waals surface area contributed by atoms with Crippen LogP contribution >= 0.6 is 0 Å². The molecule has 6 nitrogen and oxygen atoms in total. The third-order valence-electron chi connectivity index (χ3n) is 4.11. The molecule has 0 atom stereocenters. The van der Waals surface area contributed by atoms with Gasteiger partial charge >= 0.3 is 0 Å². The Morgan fingerprint density at radius 2 is 2.08 bits per heavy atom. The average Bonchev–Trinajstić information content (AvgIpc) is 2.61. The van der Waals surface area contributed by atoms with Crippen molar-refractivity contribution in [2.75, 3.05) is 5.32 Å². The Morgan fingerprint density at radius 3 is 2.79 bits per heavy atom. The van der Waals surface area contributed by atoms with Crippen molar-refractivity contribution in [3.05, 3.63) is 40.6 Å². The van der Waals surface area contributed by atoms with Gasteiger partial charge in [-0.3, -0.25) is 4.79 Å². The molecule has 0 aliphatic carbocycles. The lowest BCUT2D eigenvalue weighted by Gasteiger charge is -2.18. The van der Waals surface area contributed by atoms with Gasteiger partial charge in [-0.2, -0.15) is 10.4 Å². The maximum atomic E-state index is 11.4. The van der Waals surface area contributed by atoms with Crippen LogP contribution in [-0.2, 0) is 24.1 Å². The summed E-state index contributed by atoms with van der Waals surface area (Å²) in [6.07, 6.45) is 2.56. The number of hydrogen-bond donors (Lipinski definition) is 1. The predicted octanol–water partition coefficient (Wildman–Crippen LogP) is 3.15. The van der Waals surface area contributed by atoms with E-state index in [4.69, 9.17) is 4.74 Å². The van der Waals surface area contributed by atoms with Crippen LogP contribution in [0.5, 0.6) is 11.6 Å². The van der Waals surface area contributed by atoms with Crippen molar-refractivity contribution in [1.29, 1.82) is 5.26 Å². The summed E-state index contributed by atoms with van der Waals surface area (Å²) in [5.41, 5.74) is 3.97. The Labute approximate surface area is 140 Å². The van der Waals surface area contributed by atoms with Crippen LogP contribution in [0.2, 0.25) is 0 Å². The molecule has 0 radical (unpaired) electrons. The number of hydrogen-bond acceptors (Lipinski definition) is 5. The summed E-state index contributed by atoms with van der Waals surface area (Å²) in [4.78, 5) is 11.4. The van der Waals surface area contributed by atoms with Crippen molar-refractivity contribution in [3.63, 3.8) is 0 Å². The quantitative estimate of drug-likeness (QED) is 0.934. The molecule has 0 saturated carbocycles. The number of benzene rings is 1. The van der Waals surface area contributed by atoms with E-state index in [9.17, 15) is 10.1 Å². The Bertz CT molecular complexity index is 840. The van der Waals surface area contributed by atoms with Crippen LogP contribution in [0, 0.1) is 11.3 Å². The highest BCUT2D eigenvalue weighted by atomic mass is 16.5. The van der Waals surface area contributed by atoms with Crippen molar-refractivity contribution in [2.24, 2.45) is 0 Å². The summed E-state index contributed by atoms with van der Waals surface area (Å²) < 4.78 is 5.83. The van der Waals surface area contributed by atoms with Gasteiger partial charge in [0.2, 0.25) is 5.91 Å². The largest absolute Gasteiger partial charge is 0.437 e. The summed E-state index contributed by atoms with van der Waals surface area (Å²) in [5.74, 6) is 0.838. The fourth-order valence-corrected chi connectivity index (χ4v) is 2.88. The molecule has 0 bridgehead atoms. The number of ether oxygens (including phenoxy) is 1. The van der Waals surface area contributed by atoms with Gasteiger partial charge in [0, 0.05) is 12.1 Å². The van der Waals surface area contributed by atoms with Gasteiger partial charge in [0.05, 0.1) is 5.69 Å². The van der Waals surface area contributed by atoms with E-state index in [1.54, 1.807) is 6.07 Å². The van der Waals surface area contributed by atoms with Gasteiger partial charge in [0.1, 0.15) is 17.4 Å². The third-order valence-corrected chi connectivity index (χ3v) is 4.11. The molecule has 0 fully saturated rings. The van der Waals surface area contributed by atoms with Crippen LogP contribution in [0.4, 0.5) is 5.69 Å². The molecule has 0 saturated heterocycles. The molecular formula is C18H18N4O2. The molecule has 1 amide bonds. The zero-order valence-electron chi connectivity index (χ0n) is 13.7. The molecule has 0 spiro atoms. The fourth-order valence-electron chi connectivity index (χ4n) is 2.88. The summed E-state index contributed by atoms with van der Waals surface area (Å²) in [6, 6.07) is 7.63. The summed E-state index contributed by atoms with van der Waals surface area (Å²) in [5, 5.41) is 20.6. The second-order valence-corrected chi connectivity index (χ2v) is 5.59. The molecule has 1 aliphatic rings. The molecule has 1 N–H and O–H groups in total. The fraction of sp³-hybridized carbons (Fsp3) is 0.333. The first kappa shape index (κ1) is 15.9. The lowest BCUT2D eigenvalue weighted by atomic mass is 10.0. The third kappa shape index (κ3) is 2.93. The Balaban J connectivity index is 1.94. The van der Waals surface area contributed by atoms with Gasteiger partial charge in [0.15, 0.2) is 0 Å². The first-order chi connectivity index (χ1) is 11.7. The lowest BCUT2D eigenvalue weighted by molar-refractivity contribution is -0.116. The standard InChI is InChI=1S/C18H18N4O2/c1-3-13-14(10-19)18(22-21-15(13)4-2)24-12-6-7-16-11(9-12)5-8-17(23)20-16/h6-7,9H,3-5,8H2,1-2H3,(H,20,23). The zero-order valence-corrected chi connectivity index (χ0v) is 13.7. The zero-order chi connectivity index (χ0) is 17.1. The van der Waals surface area contributed by atoms with Gasteiger partial charge < -0.3 is 10.1 Å². The second kappa shape index (κ2) is 6.67. The van der Waals surface area contributed by atoms with E-state index in [1.807, 2.05) is 26.0 Å². The smallest absolute Gasteiger partial charge is 0.257 e. The number of nitrogens with one attached hydrogen (secondary N) is 1. The number of aryl methyl sites for hydroxylation is 2. The average molecular weight is 322 g/mol. The van der Waals surface area contributed by atoms with E-state index >= 15 is 0 Å². The van der Waals surface area contributed by atoms with E-state index in [-0.39, 0.29) is 11.8 Å². The van der Waals surface area contributed by atoms with Crippen molar-refractivity contribution in [1.82, 2.24) is 10.2 Å². The van der Waals surface area contributed by atoms with Gasteiger partial charge in [0.25, 0.3) is 5.88 Å². The van der Waals surface area contributed by atoms with E-state index in [2.05, 4.69) is 21.6 Å².